The molecule has 0 aromatic rings. The fourth-order valence-corrected chi connectivity index (χ4v) is 2.40. The van der Waals surface area contributed by atoms with Crippen LogP contribution in [0.25, 0.3) is 0 Å². The molecule has 19 heavy (non-hydrogen) atoms. The van der Waals surface area contributed by atoms with Gasteiger partial charge in [-0.15, -0.1) is 24.8 Å². The average molecular weight is 314 g/mol. The number of halogens is 2. The van der Waals surface area contributed by atoms with Crippen LogP contribution in [0, 0.1) is 5.92 Å². The first-order valence-electron chi connectivity index (χ1n) is 6.88. The Bertz CT molecular complexity index is 232. The highest BCUT2D eigenvalue weighted by molar-refractivity contribution is 5.85. The van der Waals surface area contributed by atoms with Gasteiger partial charge in [-0.25, -0.2) is 0 Å². The monoisotopic (exact) mass is 313 g/mol. The normalized spacial score (nSPS) is 19.5. The van der Waals surface area contributed by atoms with Gasteiger partial charge in [0.1, 0.15) is 0 Å². The molecular weight excluding hydrogens is 285 g/mol. The fourth-order valence-electron chi connectivity index (χ4n) is 2.40. The summed E-state index contributed by atoms with van der Waals surface area (Å²) in [5.41, 5.74) is 0. The van der Waals surface area contributed by atoms with Crippen molar-refractivity contribution in [3.63, 3.8) is 0 Å². The van der Waals surface area contributed by atoms with Crippen molar-refractivity contribution >= 4 is 30.7 Å². The summed E-state index contributed by atoms with van der Waals surface area (Å²) in [5, 5.41) is 6.39. The highest BCUT2D eigenvalue weighted by Gasteiger charge is 2.19. The second kappa shape index (κ2) is 11.8. The first-order valence-corrected chi connectivity index (χ1v) is 6.88. The van der Waals surface area contributed by atoms with E-state index in [1.54, 1.807) is 0 Å². The standard InChI is InChI=1S/C13H27N3O.2ClH/c1-4-16(5-2)10-11(3)15-13(17)8-12-6-7-14-9-12;;/h11-12,14H,4-10H2,1-3H3,(H,15,17);2*1H. The number of nitrogens with one attached hydrogen (secondary N) is 2. The molecular formula is C13H29Cl2N3O. The summed E-state index contributed by atoms with van der Waals surface area (Å²) >= 11 is 0. The summed E-state index contributed by atoms with van der Waals surface area (Å²) < 4.78 is 0. The minimum Gasteiger partial charge on any atom is -0.352 e. The van der Waals surface area contributed by atoms with Crippen molar-refractivity contribution < 1.29 is 4.79 Å². The third kappa shape index (κ3) is 8.69. The third-order valence-electron chi connectivity index (χ3n) is 3.47. The van der Waals surface area contributed by atoms with Gasteiger partial charge < -0.3 is 15.5 Å². The molecule has 2 unspecified atom stereocenters. The van der Waals surface area contributed by atoms with Crippen LogP contribution in [0.1, 0.15) is 33.6 Å². The topological polar surface area (TPSA) is 44.4 Å². The Morgan fingerprint density at radius 2 is 2.00 bits per heavy atom. The second-order valence-electron chi connectivity index (χ2n) is 5.02. The van der Waals surface area contributed by atoms with Crippen LogP contribution in [-0.2, 0) is 4.79 Å². The van der Waals surface area contributed by atoms with Crippen LogP contribution in [0.15, 0.2) is 0 Å². The molecule has 6 heteroatoms. The number of nitrogens with zero attached hydrogens (tertiary/aromatic N) is 1. The number of hydrogen-bond donors (Lipinski definition) is 2. The molecule has 1 aliphatic heterocycles. The average Bonchev–Trinajstić information content (AvgIpc) is 2.78. The number of carbonyl (C=O) groups excluding carboxylic acids is 1. The van der Waals surface area contributed by atoms with Gasteiger partial charge in [0.05, 0.1) is 0 Å². The van der Waals surface area contributed by atoms with E-state index in [0.717, 1.165) is 39.1 Å². The lowest BCUT2D eigenvalue weighted by Crippen LogP contribution is -2.42. The van der Waals surface area contributed by atoms with Crippen LogP contribution >= 0.6 is 24.8 Å². The summed E-state index contributed by atoms with van der Waals surface area (Å²) in [7, 11) is 0. The van der Waals surface area contributed by atoms with Crippen LogP contribution < -0.4 is 10.6 Å². The summed E-state index contributed by atoms with van der Waals surface area (Å²) in [5.74, 6) is 0.744. The zero-order valence-corrected chi connectivity index (χ0v) is 13.9. The quantitative estimate of drug-likeness (QED) is 0.751. The first-order chi connectivity index (χ1) is 8.15. The Kier molecular flexibility index (Phi) is 13.2. The Balaban J connectivity index is 0. The van der Waals surface area contributed by atoms with Crippen LogP contribution in [0.4, 0.5) is 0 Å². The summed E-state index contributed by atoms with van der Waals surface area (Å²) in [6.45, 7) is 11.5. The SMILES string of the molecule is CCN(CC)CC(C)NC(=O)CC1CCNC1.Cl.Cl. The Morgan fingerprint density at radius 3 is 2.47 bits per heavy atom. The van der Waals surface area contributed by atoms with Crippen LogP contribution in [0.3, 0.4) is 0 Å². The summed E-state index contributed by atoms with van der Waals surface area (Å²) in [6, 6.07) is 0.247. The molecule has 2 atom stereocenters. The van der Waals surface area contributed by atoms with Gasteiger partial charge in [0.25, 0.3) is 0 Å². The Hall–Kier alpha value is -0.0300. The van der Waals surface area contributed by atoms with E-state index >= 15 is 0 Å². The fraction of sp³-hybridized carbons (Fsp3) is 0.923. The van der Waals surface area contributed by atoms with Crippen molar-refractivity contribution in [1.82, 2.24) is 15.5 Å². The van der Waals surface area contributed by atoms with Gasteiger partial charge in [-0.1, -0.05) is 13.8 Å². The predicted octanol–water partition coefficient (Wildman–Crippen LogP) is 1.68. The minimum atomic E-state index is 0. The highest BCUT2D eigenvalue weighted by atomic mass is 35.5. The van der Waals surface area contributed by atoms with E-state index in [9.17, 15) is 4.79 Å². The van der Waals surface area contributed by atoms with Gasteiger partial charge in [0, 0.05) is 19.0 Å². The molecule has 116 valence electrons. The summed E-state index contributed by atoms with van der Waals surface area (Å²) in [4.78, 5) is 14.1. The van der Waals surface area contributed by atoms with E-state index in [1.807, 2.05) is 0 Å². The maximum absolute atomic E-state index is 11.8. The number of amides is 1. The lowest BCUT2D eigenvalue weighted by Gasteiger charge is -2.23. The molecule has 0 saturated carbocycles. The molecule has 1 saturated heterocycles. The van der Waals surface area contributed by atoms with E-state index in [2.05, 4.69) is 36.3 Å². The third-order valence-corrected chi connectivity index (χ3v) is 3.47. The van der Waals surface area contributed by atoms with Gasteiger partial charge in [0.15, 0.2) is 0 Å². The van der Waals surface area contributed by atoms with E-state index in [4.69, 9.17) is 0 Å². The van der Waals surface area contributed by atoms with E-state index in [-0.39, 0.29) is 36.8 Å². The van der Waals surface area contributed by atoms with Gasteiger partial charge in [-0.05, 0) is 45.4 Å². The lowest BCUT2D eigenvalue weighted by molar-refractivity contribution is -0.122. The molecule has 4 nitrogen and oxygen atoms in total. The van der Waals surface area contributed by atoms with Crippen molar-refractivity contribution in [1.29, 1.82) is 0 Å². The van der Waals surface area contributed by atoms with Crippen molar-refractivity contribution in [3.05, 3.63) is 0 Å². The molecule has 1 heterocycles. The molecule has 1 rings (SSSR count). The Morgan fingerprint density at radius 1 is 1.37 bits per heavy atom. The Labute approximate surface area is 129 Å². The van der Waals surface area contributed by atoms with Crippen molar-refractivity contribution in [2.45, 2.75) is 39.7 Å². The molecule has 0 aromatic heterocycles. The first kappa shape index (κ1) is 21.3. The molecule has 1 aliphatic rings. The lowest BCUT2D eigenvalue weighted by atomic mass is 10.0. The maximum atomic E-state index is 11.8. The van der Waals surface area contributed by atoms with Gasteiger partial charge >= 0.3 is 0 Å². The molecule has 0 aromatic carbocycles. The number of carbonyl (C=O) groups is 1. The zero-order chi connectivity index (χ0) is 12.7. The molecule has 0 bridgehead atoms. The molecule has 0 radical (unpaired) electrons. The van der Waals surface area contributed by atoms with Crippen LogP contribution in [0.2, 0.25) is 0 Å². The predicted molar refractivity (Wildman–Crippen MR) is 85.5 cm³/mol. The maximum Gasteiger partial charge on any atom is 0.220 e. The van der Waals surface area contributed by atoms with Gasteiger partial charge in [-0.2, -0.15) is 0 Å². The number of likely N-dealkylation sites (N-methyl/N-ethyl adjacent to an activating group) is 1. The van der Waals surface area contributed by atoms with E-state index in [1.165, 1.54) is 0 Å². The second-order valence-corrected chi connectivity index (χ2v) is 5.02. The van der Waals surface area contributed by atoms with Crippen LogP contribution in [0.5, 0.6) is 0 Å². The molecule has 1 fully saturated rings. The van der Waals surface area contributed by atoms with Crippen molar-refractivity contribution in [2.75, 3.05) is 32.7 Å². The minimum absolute atomic E-state index is 0. The number of rotatable bonds is 7. The van der Waals surface area contributed by atoms with Crippen molar-refractivity contribution in [2.24, 2.45) is 5.92 Å². The molecule has 0 aliphatic carbocycles. The highest BCUT2D eigenvalue weighted by Crippen LogP contribution is 2.11. The summed E-state index contributed by atoms with van der Waals surface area (Å²) in [6.07, 6.45) is 1.81. The number of hydrogen-bond acceptors (Lipinski definition) is 3. The van der Waals surface area contributed by atoms with E-state index < -0.39 is 0 Å². The van der Waals surface area contributed by atoms with Gasteiger partial charge in [-0.3, -0.25) is 4.79 Å². The smallest absolute Gasteiger partial charge is 0.220 e. The molecule has 0 spiro atoms. The van der Waals surface area contributed by atoms with Gasteiger partial charge in [0.2, 0.25) is 5.91 Å². The van der Waals surface area contributed by atoms with Crippen molar-refractivity contribution in [3.8, 4) is 0 Å². The van der Waals surface area contributed by atoms with Crippen LogP contribution in [-0.4, -0.2) is 49.6 Å². The molecule has 2 N–H and O–H groups in total. The zero-order valence-electron chi connectivity index (χ0n) is 12.3. The molecule has 1 amide bonds. The van der Waals surface area contributed by atoms with E-state index in [0.29, 0.717) is 12.3 Å². The largest absolute Gasteiger partial charge is 0.352 e.